The molecule has 0 saturated carbocycles. The molecule has 2 aliphatic rings. The first-order valence-electron chi connectivity index (χ1n) is 13.3. The van der Waals surface area contributed by atoms with Crippen molar-refractivity contribution < 1.29 is 28.4 Å². The Kier molecular flexibility index (Phi) is 14.0. The first-order chi connectivity index (χ1) is 16.9. The van der Waals surface area contributed by atoms with Crippen LogP contribution in [0.15, 0.2) is 0 Å². The molecule has 3 heterocycles. The number of fused-ring (bicyclic) bond motifs is 2. The Morgan fingerprint density at radius 2 is 1.53 bits per heavy atom. The van der Waals surface area contributed by atoms with E-state index in [-0.39, 0.29) is 12.3 Å². The molecular weight excluding hydrogens is 438 g/mol. The van der Waals surface area contributed by atoms with Gasteiger partial charge in [-0.2, -0.15) is 5.10 Å². The smallest absolute Gasteiger partial charge is 0.176 e. The van der Waals surface area contributed by atoms with Gasteiger partial charge in [-0.15, -0.1) is 0 Å². The summed E-state index contributed by atoms with van der Waals surface area (Å²) in [6, 6.07) is 0. The summed E-state index contributed by atoms with van der Waals surface area (Å²) in [7, 11) is 0. The van der Waals surface area contributed by atoms with E-state index in [9.17, 15) is 0 Å². The molecular formula is C25H45N3O6. The van der Waals surface area contributed by atoms with Crippen molar-refractivity contribution in [1.29, 1.82) is 0 Å². The van der Waals surface area contributed by atoms with Gasteiger partial charge in [0.15, 0.2) is 17.9 Å². The maximum Gasteiger partial charge on any atom is 0.176 e. The van der Waals surface area contributed by atoms with Crippen LogP contribution in [-0.2, 0) is 41.6 Å². The Morgan fingerprint density at radius 3 is 2.38 bits per heavy atom. The summed E-state index contributed by atoms with van der Waals surface area (Å²) >= 11 is 0. The van der Waals surface area contributed by atoms with Crippen molar-refractivity contribution in [3.63, 3.8) is 0 Å². The molecule has 1 saturated heterocycles. The molecule has 1 fully saturated rings. The zero-order chi connectivity index (χ0) is 23.7. The number of nitrogens with zero attached hydrogens (tertiary/aromatic N) is 3. The highest BCUT2D eigenvalue weighted by atomic mass is 16.6. The quantitative estimate of drug-likeness (QED) is 0.509. The number of hydrogen-bond acceptors (Lipinski definition) is 8. The van der Waals surface area contributed by atoms with E-state index in [1.807, 2.05) is 4.68 Å². The van der Waals surface area contributed by atoms with Gasteiger partial charge in [-0.1, -0.05) is 45.4 Å². The predicted octanol–water partition coefficient (Wildman–Crippen LogP) is 4.19. The topological polar surface area (TPSA) is 86.1 Å². The minimum atomic E-state index is -0.0823. The third-order valence-electron chi connectivity index (χ3n) is 6.15. The van der Waals surface area contributed by atoms with Crippen LogP contribution in [0.5, 0.6) is 0 Å². The molecule has 2 bridgehead atoms. The lowest BCUT2D eigenvalue weighted by molar-refractivity contribution is -0.0588. The Hall–Kier alpha value is -1.10. The number of hydrogen-bond donors (Lipinski definition) is 0. The fraction of sp³-hybridized carbons (Fsp3) is 0.920. The normalized spacial score (nSPS) is 24.4. The Morgan fingerprint density at radius 1 is 0.765 bits per heavy atom. The van der Waals surface area contributed by atoms with Crippen molar-refractivity contribution in [3.05, 3.63) is 11.6 Å². The third kappa shape index (κ3) is 10.7. The molecule has 9 heteroatoms. The van der Waals surface area contributed by atoms with Gasteiger partial charge < -0.3 is 28.4 Å². The van der Waals surface area contributed by atoms with Crippen LogP contribution in [-0.4, -0.2) is 73.7 Å². The molecule has 2 atom stereocenters. The van der Waals surface area contributed by atoms with Gasteiger partial charge in [0.2, 0.25) is 0 Å². The van der Waals surface area contributed by atoms with Gasteiger partial charge in [-0.05, 0) is 25.7 Å². The maximum atomic E-state index is 6.12. The summed E-state index contributed by atoms with van der Waals surface area (Å²) in [5.41, 5.74) is 0. The van der Waals surface area contributed by atoms with Crippen LogP contribution < -0.4 is 0 Å². The van der Waals surface area contributed by atoms with Gasteiger partial charge in [0.25, 0.3) is 0 Å². The predicted molar refractivity (Wildman–Crippen MR) is 128 cm³/mol. The van der Waals surface area contributed by atoms with E-state index in [0.717, 1.165) is 38.1 Å². The molecule has 0 aromatic carbocycles. The summed E-state index contributed by atoms with van der Waals surface area (Å²) in [6.07, 6.45) is 11.8. The number of ether oxygens (including phenoxy) is 6. The van der Waals surface area contributed by atoms with Crippen molar-refractivity contribution in [2.24, 2.45) is 0 Å². The molecule has 2 aliphatic heterocycles. The van der Waals surface area contributed by atoms with E-state index < -0.39 is 0 Å². The number of unbranched alkanes of at least 4 members (excludes halogenated alkanes) is 5. The lowest BCUT2D eigenvalue weighted by Gasteiger charge is -2.23. The fourth-order valence-electron chi connectivity index (χ4n) is 4.23. The zero-order valence-electron chi connectivity index (χ0n) is 21.1. The lowest BCUT2D eigenvalue weighted by Crippen LogP contribution is -2.24. The molecule has 1 aromatic rings. The molecule has 1 aromatic heterocycles. The highest BCUT2D eigenvalue weighted by Gasteiger charge is 2.22. The largest absolute Gasteiger partial charge is 0.377 e. The van der Waals surface area contributed by atoms with Gasteiger partial charge in [-0.25, -0.2) is 9.67 Å². The molecule has 0 aliphatic carbocycles. The van der Waals surface area contributed by atoms with Crippen molar-refractivity contribution in [2.75, 3.05) is 52.9 Å². The van der Waals surface area contributed by atoms with Gasteiger partial charge >= 0.3 is 0 Å². The Balaban J connectivity index is 1.49. The lowest BCUT2D eigenvalue weighted by atomic mass is 10.1. The molecule has 0 N–H and O–H groups in total. The summed E-state index contributed by atoms with van der Waals surface area (Å²) in [4.78, 5) is 4.65. The third-order valence-corrected chi connectivity index (χ3v) is 6.15. The van der Waals surface area contributed by atoms with Crippen molar-refractivity contribution in [2.45, 2.75) is 96.7 Å². The second-order valence-electron chi connectivity index (χ2n) is 9.05. The number of rotatable bonds is 8. The van der Waals surface area contributed by atoms with Crippen LogP contribution in [0.1, 0.15) is 89.0 Å². The minimum absolute atomic E-state index is 0.0823. The molecule has 2 unspecified atom stereocenters. The first-order valence-corrected chi connectivity index (χ1v) is 13.3. The van der Waals surface area contributed by atoms with Gasteiger partial charge in [-0.3, -0.25) is 0 Å². The minimum Gasteiger partial charge on any atom is -0.377 e. The van der Waals surface area contributed by atoms with E-state index in [1.54, 1.807) is 0 Å². The Labute approximate surface area is 204 Å². The maximum absolute atomic E-state index is 6.12. The van der Waals surface area contributed by atoms with E-state index >= 15 is 0 Å². The van der Waals surface area contributed by atoms with Crippen molar-refractivity contribution >= 4 is 0 Å². The van der Waals surface area contributed by atoms with E-state index in [0.29, 0.717) is 65.3 Å². The molecule has 196 valence electrons. The second kappa shape index (κ2) is 17.3. The summed E-state index contributed by atoms with van der Waals surface area (Å²) in [5, 5.41) is 4.65. The highest BCUT2D eigenvalue weighted by Crippen LogP contribution is 2.23. The summed E-state index contributed by atoms with van der Waals surface area (Å²) in [6.45, 7) is 7.45. The molecule has 0 spiro atoms. The molecule has 0 radical (unpaired) electrons. The van der Waals surface area contributed by atoms with Gasteiger partial charge in [0.1, 0.15) is 13.2 Å². The Bertz CT molecular complexity index is 638. The molecule has 9 nitrogen and oxygen atoms in total. The molecule has 0 amide bonds. The van der Waals surface area contributed by atoms with E-state index in [2.05, 4.69) is 17.0 Å². The van der Waals surface area contributed by atoms with Crippen LogP contribution >= 0.6 is 0 Å². The van der Waals surface area contributed by atoms with E-state index in [1.165, 1.54) is 38.5 Å². The standard InChI is InChI=1S/C25H45N3O6/c1-2-3-4-5-6-7-10-22-19-30-15-13-29-14-16-31-20-23-26-24(21-32-17-18-33-22)28(27-23)25-11-8-9-12-34-25/h22,25H,2-21H2,1H3. The summed E-state index contributed by atoms with van der Waals surface area (Å²) < 4.78 is 37.0. The average molecular weight is 484 g/mol. The fourth-order valence-corrected chi connectivity index (χ4v) is 4.23. The van der Waals surface area contributed by atoms with Gasteiger partial charge in [0.05, 0.1) is 52.4 Å². The SMILES string of the molecule is CCCCCCCCC1COCCOCCOCc2nc(n(C3CCCCO3)n2)COCCO1. The van der Waals surface area contributed by atoms with Crippen molar-refractivity contribution in [3.8, 4) is 0 Å². The molecule has 3 rings (SSSR count). The number of aromatic nitrogens is 3. The molecule has 34 heavy (non-hydrogen) atoms. The zero-order valence-corrected chi connectivity index (χ0v) is 21.1. The van der Waals surface area contributed by atoms with Gasteiger partial charge in [0, 0.05) is 6.61 Å². The van der Waals surface area contributed by atoms with Crippen LogP contribution in [0.2, 0.25) is 0 Å². The van der Waals surface area contributed by atoms with Crippen LogP contribution in [0.3, 0.4) is 0 Å². The van der Waals surface area contributed by atoms with Crippen LogP contribution in [0.4, 0.5) is 0 Å². The average Bonchev–Trinajstić information content (AvgIpc) is 3.27. The van der Waals surface area contributed by atoms with Crippen LogP contribution in [0.25, 0.3) is 0 Å². The second-order valence-corrected chi connectivity index (χ2v) is 9.05. The first kappa shape index (κ1) is 27.5. The summed E-state index contributed by atoms with van der Waals surface area (Å²) in [5.74, 6) is 1.42. The van der Waals surface area contributed by atoms with Crippen LogP contribution in [0, 0.1) is 0 Å². The van der Waals surface area contributed by atoms with E-state index in [4.69, 9.17) is 28.4 Å². The highest BCUT2D eigenvalue weighted by molar-refractivity contribution is 4.92. The van der Waals surface area contributed by atoms with Crippen molar-refractivity contribution in [1.82, 2.24) is 14.8 Å². The monoisotopic (exact) mass is 483 g/mol.